The van der Waals surface area contributed by atoms with Crippen LogP contribution >= 0.6 is 0 Å². The number of aryl methyl sites for hydroxylation is 2. The summed E-state index contributed by atoms with van der Waals surface area (Å²) in [6.07, 6.45) is 2.37. The van der Waals surface area contributed by atoms with Gasteiger partial charge < -0.3 is 9.64 Å². The quantitative estimate of drug-likeness (QED) is 0.819. The van der Waals surface area contributed by atoms with Gasteiger partial charge >= 0.3 is 5.97 Å². The van der Waals surface area contributed by atoms with E-state index in [2.05, 4.69) is 24.3 Å². The third-order valence-electron chi connectivity index (χ3n) is 4.89. The van der Waals surface area contributed by atoms with Crippen molar-refractivity contribution in [2.24, 2.45) is 5.92 Å². The van der Waals surface area contributed by atoms with Crippen molar-refractivity contribution < 1.29 is 14.3 Å². The van der Waals surface area contributed by atoms with Crippen molar-refractivity contribution in [2.45, 2.75) is 26.2 Å². The van der Waals surface area contributed by atoms with Crippen molar-refractivity contribution in [3.05, 3.63) is 41.5 Å². The molecule has 23 heavy (non-hydrogen) atoms. The molecule has 0 unspecified atom stereocenters. The normalized spacial score (nSPS) is 19.6. The fourth-order valence-corrected chi connectivity index (χ4v) is 3.83. The zero-order valence-electron chi connectivity index (χ0n) is 13.2. The first kappa shape index (κ1) is 14.2. The maximum Gasteiger partial charge on any atom is 0.311 e. The number of rotatable bonds is 3. The van der Waals surface area contributed by atoms with Crippen molar-refractivity contribution in [2.75, 3.05) is 18.1 Å². The summed E-state index contributed by atoms with van der Waals surface area (Å²) in [6.45, 7) is 2.55. The molecule has 0 bridgehead atoms. The highest BCUT2D eigenvalue weighted by molar-refractivity contribution is 6.08. The summed E-state index contributed by atoms with van der Waals surface area (Å²) in [6, 6.07) is 10.4. The molecular weight excluding hydrogens is 290 g/mol. The lowest BCUT2D eigenvalue weighted by molar-refractivity contribution is -0.147. The molecule has 2 aromatic carbocycles. The van der Waals surface area contributed by atoms with Crippen LogP contribution in [0.3, 0.4) is 0 Å². The Morgan fingerprint density at radius 2 is 2.00 bits per heavy atom. The first-order chi connectivity index (χ1) is 11.2. The molecule has 0 aromatic heterocycles. The molecule has 1 aliphatic carbocycles. The number of anilines is 1. The molecule has 1 fully saturated rings. The van der Waals surface area contributed by atoms with Crippen LogP contribution in [0.4, 0.5) is 5.69 Å². The lowest BCUT2D eigenvalue weighted by atomic mass is 10.0. The number of hydrogen-bond acceptors (Lipinski definition) is 3. The molecule has 4 heteroatoms. The van der Waals surface area contributed by atoms with Crippen LogP contribution in [-0.4, -0.2) is 25.0 Å². The van der Waals surface area contributed by atoms with Crippen molar-refractivity contribution in [3.8, 4) is 0 Å². The highest BCUT2D eigenvalue weighted by Crippen LogP contribution is 2.38. The maximum absolute atomic E-state index is 12.4. The van der Waals surface area contributed by atoms with E-state index in [1.54, 1.807) is 11.8 Å². The Morgan fingerprint density at radius 3 is 2.78 bits per heavy atom. The Morgan fingerprint density at radius 1 is 1.22 bits per heavy atom. The van der Waals surface area contributed by atoms with E-state index in [9.17, 15) is 9.59 Å². The van der Waals surface area contributed by atoms with Crippen LogP contribution in [0.5, 0.6) is 0 Å². The number of amides is 1. The summed E-state index contributed by atoms with van der Waals surface area (Å²) in [7, 11) is 0. The molecule has 2 aromatic rings. The smallest absolute Gasteiger partial charge is 0.311 e. The number of carbonyl (C=O) groups is 2. The van der Waals surface area contributed by atoms with Gasteiger partial charge in [-0.3, -0.25) is 9.59 Å². The molecule has 1 saturated heterocycles. The highest BCUT2D eigenvalue weighted by Gasteiger charge is 2.37. The summed E-state index contributed by atoms with van der Waals surface area (Å²) in [5.74, 6) is -0.624. The monoisotopic (exact) mass is 309 g/mol. The Hall–Kier alpha value is -2.36. The van der Waals surface area contributed by atoms with E-state index in [1.807, 2.05) is 6.07 Å². The highest BCUT2D eigenvalue weighted by atomic mass is 16.5. The van der Waals surface area contributed by atoms with Crippen LogP contribution in [-0.2, 0) is 27.2 Å². The van der Waals surface area contributed by atoms with Crippen LogP contribution in [0.2, 0.25) is 0 Å². The van der Waals surface area contributed by atoms with Crippen LogP contribution in [0.25, 0.3) is 10.8 Å². The molecule has 0 radical (unpaired) electrons. The van der Waals surface area contributed by atoms with E-state index in [0.717, 1.165) is 23.9 Å². The van der Waals surface area contributed by atoms with E-state index in [4.69, 9.17) is 4.74 Å². The summed E-state index contributed by atoms with van der Waals surface area (Å²) < 4.78 is 5.08. The van der Waals surface area contributed by atoms with Gasteiger partial charge in [0.25, 0.3) is 0 Å². The number of carbonyl (C=O) groups excluding carboxylic acids is 2. The molecule has 1 amide bonds. The van der Waals surface area contributed by atoms with Gasteiger partial charge in [0.15, 0.2) is 0 Å². The number of nitrogens with zero attached hydrogens (tertiary/aromatic N) is 1. The Labute approximate surface area is 135 Å². The van der Waals surface area contributed by atoms with Crippen LogP contribution in [0.1, 0.15) is 24.5 Å². The van der Waals surface area contributed by atoms with E-state index in [1.165, 1.54) is 16.5 Å². The fraction of sp³-hybridized carbons (Fsp3) is 0.368. The SMILES string of the molecule is CCOC(=O)[C@@H]1CC(=O)N(c2ccc3c4c(cccc24)CC3)C1. The molecule has 0 spiro atoms. The van der Waals surface area contributed by atoms with Gasteiger partial charge in [0.05, 0.1) is 18.2 Å². The molecule has 1 aliphatic heterocycles. The minimum Gasteiger partial charge on any atom is -0.466 e. The van der Waals surface area contributed by atoms with E-state index < -0.39 is 0 Å². The molecule has 0 N–H and O–H groups in total. The van der Waals surface area contributed by atoms with Gasteiger partial charge in [-0.2, -0.15) is 0 Å². The summed E-state index contributed by atoms with van der Waals surface area (Å²) in [4.78, 5) is 26.1. The number of benzene rings is 2. The number of ether oxygens (including phenoxy) is 1. The molecular formula is C19H19NO3. The Kier molecular flexibility index (Phi) is 3.33. The van der Waals surface area contributed by atoms with Gasteiger partial charge in [0.1, 0.15) is 0 Å². The summed E-state index contributed by atoms with van der Waals surface area (Å²) in [5, 5.41) is 2.41. The standard InChI is InChI=1S/C19H19NO3/c1-2-23-19(22)14-10-17(21)20(11-14)16-9-8-13-7-6-12-4-3-5-15(16)18(12)13/h3-5,8-9,14H,2,6-7,10-11H2,1H3/t14-/m1/s1. The average molecular weight is 309 g/mol. The molecule has 1 atom stereocenters. The second-order valence-electron chi connectivity index (χ2n) is 6.24. The van der Waals surface area contributed by atoms with Crippen molar-refractivity contribution >= 4 is 28.3 Å². The predicted molar refractivity (Wildman–Crippen MR) is 88.4 cm³/mol. The van der Waals surface area contributed by atoms with E-state index in [0.29, 0.717) is 13.2 Å². The van der Waals surface area contributed by atoms with Gasteiger partial charge in [-0.15, -0.1) is 0 Å². The lowest BCUT2D eigenvalue weighted by Gasteiger charge is -2.19. The zero-order chi connectivity index (χ0) is 16.0. The van der Waals surface area contributed by atoms with Crippen LogP contribution < -0.4 is 4.90 Å². The molecule has 4 nitrogen and oxygen atoms in total. The van der Waals surface area contributed by atoms with Crippen molar-refractivity contribution in [1.29, 1.82) is 0 Å². The minimum atomic E-state index is -0.356. The van der Waals surface area contributed by atoms with E-state index >= 15 is 0 Å². The first-order valence-corrected chi connectivity index (χ1v) is 8.19. The molecule has 2 aliphatic rings. The minimum absolute atomic E-state index is 0.00162. The van der Waals surface area contributed by atoms with Gasteiger partial charge in [0.2, 0.25) is 5.91 Å². The Bertz CT molecular complexity index is 801. The van der Waals surface area contributed by atoms with Gasteiger partial charge in [0, 0.05) is 18.4 Å². The molecule has 0 saturated carbocycles. The summed E-state index contributed by atoms with van der Waals surface area (Å²) >= 11 is 0. The van der Waals surface area contributed by atoms with Gasteiger partial charge in [-0.05, 0) is 42.3 Å². The maximum atomic E-state index is 12.4. The third-order valence-corrected chi connectivity index (χ3v) is 4.89. The number of hydrogen-bond donors (Lipinski definition) is 0. The second-order valence-corrected chi connectivity index (χ2v) is 6.24. The third kappa shape index (κ3) is 2.21. The predicted octanol–water partition coefficient (Wildman–Crippen LogP) is 2.85. The zero-order valence-corrected chi connectivity index (χ0v) is 13.2. The average Bonchev–Trinajstić information content (AvgIpc) is 3.14. The molecule has 4 rings (SSSR count). The Balaban J connectivity index is 1.73. The van der Waals surface area contributed by atoms with Crippen LogP contribution in [0, 0.1) is 5.92 Å². The van der Waals surface area contributed by atoms with E-state index in [-0.39, 0.29) is 24.2 Å². The van der Waals surface area contributed by atoms with Crippen LogP contribution in [0.15, 0.2) is 30.3 Å². The lowest BCUT2D eigenvalue weighted by Crippen LogP contribution is -2.26. The van der Waals surface area contributed by atoms with Crippen molar-refractivity contribution in [1.82, 2.24) is 0 Å². The topological polar surface area (TPSA) is 46.6 Å². The van der Waals surface area contributed by atoms with Gasteiger partial charge in [-0.1, -0.05) is 24.3 Å². The first-order valence-electron chi connectivity index (χ1n) is 8.19. The largest absolute Gasteiger partial charge is 0.466 e. The molecule has 118 valence electrons. The fourth-order valence-electron chi connectivity index (χ4n) is 3.83. The van der Waals surface area contributed by atoms with Gasteiger partial charge in [-0.25, -0.2) is 0 Å². The molecule has 1 heterocycles. The second kappa shape index (κ2) is 5.37. The summed E-state index contributed by atoms with van der Waals surface area (Å²) in [5.41, 5.74) is 3.63. The number of esters is 1. The van der Waals surface area contributed by atoms with Crippen molar-refractivity contribution in [3.63, 3.8) is 0 Å².